The number of hydrogen-bond acceptors (Lipinski definition) is 2. The van der Waals surface area contributed by atoms with E-state index < -0.39 is 0 Å². The maximum atomic E-state index is 11.1. The minimum absolute atomic E-state index is 0.157. The van der Waals surface area contributed by atoms with Crippen LogP contribution in [0.25, 0.3) is 0 Å². The molecule has 0 saturated carbocycles. The molecule has 0 N–H and O–H groups in total. The second-order valence-corrected chi connectivity index (χ2v) is 3.07. The smallest absolute Gasteiger partial charge is 0.151 e. The highest BCUT2D eigenvalue weighted by Gasteiger charge is 2.32. The lowest BCUT2D eigenvalue weighted by molar-refractivity contribution is -0.119. The Balaban J connectivity index is 2.61. The van der Waals surface area contributed by atoms with Crippen molar-refractivity contribution < 1.29 is 4.79 Å². The van der Waals surface area contributed by atoms with Gasteiger partial charge in [0.25, 0.3) is 0 Å². The van der Waals surface area contributed by atoms with Gasteiger partial charge in [-0.25, -0.2) is 0 Å². The Morgan fingerprint density at radius 1 is 1.70 bits per heavy atom. The largest absolute Gasteiger partial charge is 0.298 e. The molecule has 1 aliphatic rings. The second-order valence-electron chi connectivity index (χ2n) is 3.07. The summed E-state index contributed by atoms with van der Waals surface area (Å²) in [6, 6.07) is 0.660. The van der Waals surface area contributed by atoms with Gasteiger partial charge in [-0.2, -0.15) is 0 Å². The SMILES string of the molecule is CCC1CC(=O)C(C)N1C. The molecule has 0 aromatic rings. The van der Waals surface area contributed by atoms with Crippen LogP contribution < -0.4 is 0 Å². The van der Waals surface area contributed by atoms with Crippen molar-refractivity contribution in [3.8, 4) is 0 Å². The van der Waals surface area contributed by atoms with Gasteiger partial charge in [0.1, 0.15) is 0 Å². The molecule has 0 aromatic carbocycles. The third-order valence-electron chi connectivity index (χ3n) is 2.56. The van der Waals surface area contributed by atoms with E-state index in [1.165, 1.54) is 0 Å². The highest BCUT2D eigenvalue weighted by atomic mass is 16.1. The summed E-state index contributed by atoms with van der Waals surface area (Å²) in [7, 11) is 2.03. The molecule has 0 amide bonds. The van der Waals surface area contributed by atoms with Crippen LogP contribution in [0.2, 0.25) is 0 Å². The van der Waals surface area contributed by atoms with Crippen LogP contribution in [0, 0.1) is 0 Å². The van der Waals surface area contributed by atoms with E-state index in [4.69, 9.17) is 0 Å². The number of rotatable bonds is 1. The molecule has 0 bridgehead atoms. The maximum Gasteiger partial charge on any atom is 0.151 e. The van der Waals surface area contributed by atoms with Crippen molar-refractivity contribution in [1.29, 1.82) is 0 Å². The normalized spacial score (nSPS) is 35.3. The van der Waals surface area contributed by atoms with Crippen LogP contribution in [0.1, 0.15) is 26.7 Å². The topological polar surface area (TPSA) is 20.3 Å². The van der Waals surface area contributed by atoms with Gasteiger partial charge in [-0.15, -0.1) is 0 Å². The van der Waals surface area contributed by atoms with Gasteiger partial charge in [-0.1, -0.05) is 6.92 Å². The molecule has 2 unspecified atom stereocenters. The van der Waals surface area contributed by atoms with Gasteiger partial charge in [-0.3, -0.25) is 9.69 Å². The number of Topliss-reactive ketones (excluding diaryl/α,β-unsaturated/α-hetero) is 1. The lowest BCUT2D eigenvalue weighted by atomic mass is 10.1. The first kappa shape index (κ1) is 7.73. The van der Waals surface area contributed by atoms with Crippen LogP contribution in [0.3, 0.4) is 0 Å². The molecule has 1 fully saturated rings. The van der Waals surface area contributed by atoms with Crippen LogP contribution in [0.15, 0.2) is 0 Å². The minimum Gasteiger partial charge on any atom is -0.298 e. The summed E-state index contributed by atoms with van der Waals surface area (Å²) in [4.78, 5) is 13.3. The molecule has 0 radical (unpaired) electrons. The number of carbonyl (C=O) groups is 1. The molecule has 2 heteroatoms. The quantitative estimate of drug-likeness (QED) is 0.544. The van der Waals surface area contributed by atoms with Gasteiger partial charge in [0.15, 0.2) is 5.78 Å². The fraction of sp³-hybridized carbons (Fsp3) is 0.875. The Bertz CT molecular complexity index is 144. The van der Waals surface area contributed by atoms with E-state index >= 15 is 0 Å². The van der Waals surface area contributed by atoms with E-state index in [1.54, 1.807) is 0 Å². The number of carbonyl (C=O) groups excluding carboxylic acids is 1. The standard InChI is InChI=1S/C8H15NO/c1-4-7-5-8(10)6(2)9(7)3/h6-7H,4-5H2,1-3H3. The number of nitrogens with zero attached hydrogens (tertiary/aromatic N) is 1. The Hall–Kier alpha value is -0.370. The summed E-state index contributed by atoms with van der Waals surface area (Å²) in [5.74, 6) is 0.398. The predicted molar refractivity (Wildman–Crippen MR) is 40.9 cm³/mol. The minimum atomic E-state index is 0.157. The molecule has 1 aliphatic heterocycles. The van der Waals surface area contributed by atoms with Gasteiger partial charge in [0, 0.05) is 12.5 Å². The maximum absolute atomic E-state index is 11.1. The van der Waals surface area contributed by atoms with Crippen LogP contribution in [0.4, 0.5) is 0 Å². The van der Waals surface area contributed by atoms with E-state index in [-0.39, 0.29) is 6.04 Å². The average Bonchev–Trinajstić information content (AvgIpc) is 2.17. The molecule has 1 saturated heterocycles. The van der Waals surface area contributed by atoms with Crippen LogP contribution >= 0.6 is 0 Å². The summed E-state index contributed by atoms with van der Waals surface area (Å²) in [6.45, 7) is 4.12. The molecular weight excluding hydrogens is 126 g/mol. The lowest BCUT2D eigenvalue weighted by Crippen LogP contribution is -2.31. The zero-order valence-electron chi connectivity index (χ0n) is 6.92. The van der Waals surface area contributed by atoms with Crippen molar-refractivity contribution in [3.05, 3.63) is 0 Å². The van der Waals surface area contributed by atoms with Crippen LogP contribution in [-0.2, 0) is 4.79 Å². The average molecular weight is 141 g/mol. The second kappa shape index (κ2) is 2.70. The summed E-state index contributed by atoms with van der Waals surface area (Å²) in [5, 5.41) is 0. The highest BCUT2D eigenvalue weighted by molar-refractivity contribution is 5.86. The van der Waals surface area contributed by atoms with E-state index in [0.29, 0.717) is 11.8 Å². The third kappa shape index (κ3) is 1.08. The molecule has 0 aliphatic carbocycles. The molecule has 2 atom stereocenters. The van der Waals surface area contributed by atoms with Crippen molar-refractivity contribution in [3.63, 3.8) is 0 Å². The monoisotopic (exact) mass is 141 g/mol. The molecule has 1 heterocycles. The zero-order chi connectivity index (χ0) is 7.72. The predicted octanol–water partition coefficient (Wildman–Crippen LogP) is 1.06. The number of ketones is 1. The third-order valence-corrected chi connectivity index (χ3v) is 2.56. The Morgan fingerprint density at radius 2 is 2.30 bits per heavy atom. The lowest BCUT2D eigenvalue weighted by Gasteiger charge is -2.19. The van der Waals surface area contributed by atoms with Gasteiger partial charge in [-0.05, 0) is 20.4 Å². The Morgan fingerprint density at radius 3 is 2.50 bits per heavy atom. The first-order valence-corrected chi connectivity index (χ1v) is 3.91. The Labute approximate surface area is 62.2 Å². The van der Waals surface area contributed by atoms with Gasteiger partial charge >= 0.3 is 0 Å². The molecule has 10 heavy (non-hydrogen) atoms. The number of likely N-dealkylation sites (N-methyl/N-ethyl adjacent to an activating group) is 1. The molecular formula is C8H15NO. The molecule has 58 valence electrons. The fourth-order valence-electron chi connectivity index (χ4n) is 1.52. The molecule has 0 spiro atoms. The Kier molecular flexibility index (Phi) is 2.09. The molecule has 2 nitrogen and oxygen atoms in total. The number of hydrogen-bond donors (Lipinski definition) is 0. The van der Waals surface area contributed by atoms with E-state index in [0.717, 1.165) is 12.8 Å². The summed E-state index contributed by atoms with van der Waals surface area (Å²) >= 11 is 0. The van der Waals surface area contributed by atoms with Crippen molar-refractivity contribution in [2.24, 2.45) is 0 Å². The summed E-state index contributed by atoms with van der Waals surface area (Å²) < 4.78 is 0. The van der Waals surface area contributed by atoms with Gasteiger partial charge < -0.3 is 0 Å². The first-order chi connectivity index (χ1) is 4.66. The van der Waals surface area contributed by atoms with E-state index in [1.807, 2.05) is 14.0 Å². The van der Waals surface area contributed by atoms with Gasteiger partial charge in [0.2, 0.25) is 0 Å². The van der Waals surface area contributed by atoms with E-state index in [9.17, 15) is 4.79 Å². The zero-order valence-corrected chi connectivity index (χ0v) is 6.92. The first-order valence-electron chi connectivity index (χ1n) is 3.91. The van der Waals surface area contributed by atoms with Crippen molar-refractivity contribution in [1.82, 2.24) is 4.90 Å². The molecule has 0 aromatic heterocycles. The van der Waals surface area contributed by atoms with Crippen LogP contribution in [-0.4, -0.2) is 29.8 Å². The fourth-order valence-corrected chi connectivity index (χ4v) is 1.52. The number of likely N-dealkylation sites (tertiary alicyclic amines) is 1. The van der Waals surface area contributed by atoms with Crippen molar-refractivity contribution >= 4 is 5.78 Å². The summed E-state index contributed by atoms with van der Waals surface area (Å²) in [6.07, 6.45) is 1.85. The van der Waals surface area contributed by atoms with Crippen molar-refractivity contribution in [2.75, 3.05) is 7.05 Å². The van der Waals surface area contributed by atoms with Crippen LogP contribution in [0.5, 0.6) is 0 Å². The van der Waals surface area contributed by atoms with E-state index in [2.05, 4.69) is 11.8 Å². The summed E-state index contributed by atoms with van der Waals surface area (Å²) in [5.41, 5.74) is 0. The van der Waals surface area contributed by atoms with Gasteiger partial charge in [0.05, 0.1) is 6.04 Å². The van der Waals surface area contributed by atoms with Crippen molar-refractivity contribution in [2.45, 2.75) is 38.8 Å². The highest BCUT2D eigenvalue weighted by Crippen LogP contribution is 2.20. The molecule has 1 rings (SSSR count).